The Morgan fingerprint density at radius 2 is 2.00 bits per heavy atom. The summed E-state index contributed by atoms with van der Waals surface area (Å²) in [5.74, 6) is -3.03. The second-order valence-corrected chi connectivity index (χ2v) is 12.6. The van der Waals surface area contributed by atoms with Gasteiger partial charge >= 0.3 is 5.97 Å². The predicted molar refractivity (Wildman–Crippen MR) is 164 cm³/mol. The minimum atomic E-state index is -1.23. The van der Waals surface area contributed by atoms with Crippen LogP contribution >= 0.6 is 0 Å². The Balaban J connectivity index is 1.53. The van der Waals surface area contributed by atoms with Crippen molar-refractivity contribution in [1.82, 2.24) is 24.8 Å². The van der Waals surface area contributed by atoms with E-state index >= 15 is 0 Å². The van der Waals surface area contributed by atoms with Gasteiger partial charge in [0, 0.05) is 6.54 Å². The summed E-state index contributed by atoms with van der Waals surface area (Å²) in [6.45, 7) is 13.6. The Morgan fingerprint density at radius 3 is 2.68 bits per heavy atom. The van der Waals surface area contributed by atoms with Crippen molar-refractivity contribution in [2.24, 2.45) is 17.8 Å². The molecule has 6 atom stereocenters. The number of carbonyl (C=O) groups excluding carboxylic acids is 3. The number of ether oxygens (including phenoxy) is 2. The minimum absolute atomic E-state index is 0.0746. The van der Waals surface area contributed by atoms with Crippen molar-refractivity contribution in [3.8, 4) is 0 Å². The highest BCUT2D eigenvalue weighted by Gasteiger charge is 2.79. The number of hydrogen-bond donors (Lipinski definition) is 1. The second kappa shape index (κ2) is 12.8. The fourth-order valence-electron chi connectivity index (χ4n) is 7.65. The monoisotopic (exact) mass is 607 g/mol. The number of aliphatic hydroxyl groups excluding tert-OH is 1. The highest BCUT2D eigenvalue weighted by Crippen LogP contribution is 2.65. The van der Waals surface area contributed by atoms with Crippen LogP contribution < -0.4 is 0 Å². The molecule has 3 aliphatic rings. The first kappa shape index (κ1) is 31.8. The first-order chi connectivity index (χ1) is 21.2. The van der Waals surface area contributed by atoms with Gasteiger partial charge in [-0.3, -0.25) is 14.4 Å². The molecule has 2 bridgehead atoms. The zero-order valence-corrected chi connectivity index (χ0v) is 26.1. The van der Waals surface area contributed by atoms with E-state index in [9.17, 15) is 19.5 Å². The molecule has 1 aromatic heterocycles. The van der Waals surface area contributed by atoms with Crippen LogP contribution in [0, 0.1) is 17.8 Å². The molecule has 3 aliphatic heterocycles. The highest BCUT2D eigenvalue weighted by molar-refractivity contribution is 5.98. The van der Waals surface area contributed by atoms with E-state index in [1.165, 1.54) is 4.90 Å². The molecule has 3 fully saturated rings. The first-order valence-corrected chi connectivity index (χ1v) is 15.8. The van der Waals surface area contributed by atoms with Crippen molar-refractivity contribution < 1.29 is 29.0 Å². The first-order valence-electron chi connectivity index (χ1n) is 15.8. The van der Waals surface area contributed by atoms with Gasteiger partial charge in [-0.15, -0.1) is 18.3 Å². The van der Waals surface area contributed by atoms with Crippen LogP contribution in [0.5, 0.6) is 0 Å². The summed E-state index contributed by atoms with van der Waals surface area (Å²) in [5, 5.41) is 19.0. The SMILES string of the molecule is C=CCCCCOC(=O)[C@H]1[C@H]2C(=O)N([C@@H](CO)C(C)C)C(C(=O)N(CC=C)Cn3nnc4ccccc43)C23CC[C@]1(CC)O3. The molecular weight excluding hydrogens is 562 g/mol. The fraction of sp³-hybridized carbons (Fsp3) is 0.606. The van der Waals surface area contributed by atoms with E-state index in [1.807, 2.05) is 51.1 Å². The van der Waals surface area contributed by atoms with Crippen LogP contribution in [0.2, 0.25) is 0 Å². The van der Waals surface area contributed by atoms with Crippen molar-refractivity contribution in [1.29, 1.82) is 0 Å². The number of unbranched alkanes of at least 4 members (excludes halogenated alkanes) is 2. The van der Waals surface area contributed by atoms with Crippen molar-refractivity contribution >= 4 is 28.8 Å². The number of para-hydroxylation sites is 1. The molecule has 1 N–H and O–H groups in total. The van der Waals surface area contributed by atoms with Gasteiger partial charge in [-0.2, -0.15) is 0 Å². The van der Waals surface area contributed by atoms with Gasteiger partial charge in [0.1, 0.15) is 29.7 Å². The van der Waals surface area contributed by atoms with E-state index in [-0.39, 0.29) is 44.2 Å². The lowest BCUT2D eigenvalue weighted by Gasteiger charge is -2.40. The van der Waals surface area contributed by atoms with Gasteiger partial charge in [0.05, 0.1) is 36.3 Å². The molecule has 44 heavy (non-hydrogen) atoms. The maximum Gasteiger partial charge on any atom is 0.312 e. The summed E-state index contributed by atoms with van der Waals surface area (Å²) in [5.41, 5.74) is -0.674. The largest absolute Gasteiger partial charge is 0.465 e. The number of hydrogen-bond acceptors (Lipinski definition) is 8. The molecule has 4 heterocycles. The van der Waals surface area contributed by atoms with E-state index in [0.29, 0.717) is 31.2 Å². The van der Waals surface area contributed by atoms with Gasteiger partial charge in [0.15, 0.2) is 0 Å². The van der Waals surface area contributed by atoms with Crippen molar-refractivity contribution in [2.45, 2.75) is 89.3 Å². The third-order valence-electron chi connectivity index (χ3n) is 9.85. The number of carbonyl (C=O) groups is 3. The van der Waals surface area contributed by atoms with Crippen molar-refractivity contribution in [2.75, 3.05) is 19.8 Å². The van der Waals surface area contributed by atoms with Gasteiger partial charge < -0.3 is 24.4 Å². The van der Waals surface area contributed by atoms with Crippen LogP contribution in [-0.2, 0) is 30.5 Å². The predicted octanol–water partition coefficient (Wildman–Crippen LogP) is 3.47. The highest BCUT2D eigenvalue weighted by atomic mass is 16.6. The van der Waals surface area contributed by atoms with Crippen molar-refractivity contribution in [3.05, 3.63) is 49.6 Å². The number of allylic oxidation sites excluding steroid dienone is 1. The number of rotatable bonds is 15. The van der Waals surface area contributed by atoms with E-state index < -0.39 is 41.1 Å². The van der Waals surface area contributed by atoms with E-state index in [1.54, 1.807) is 15.7 Å². The molecule has 2 amide bonds. The normalized spacial score (nSPS) is 28.0. The molecular formula is C33H45N5O6. The number of amides is 2. The number of fused-ring (bicyclic) bond motifs is 2. The smallest absolute Gasteiger partial charge is 0.312 e. The van der Waals surface area contributed by atoms with Gasteiger partial charge in [-0.1, -0.05) is 50.3 Å². The Bertz CT molecular complexity index is 1410. The third kappa shape index (κ3) is 5.13. The lowest BCUT2D eigenvalue weighted by Crippen LogP contribution is -2.59. The van der Waals surface area contributed by atoms with E-state index in [4.69, 9.17) is 9.47 Å². The van der Waals surface area contributed by atoms with Gasteiger partial charge in [-0.05, 0) is 56.6 Å². The summed E-state index contributed by atoms with van der Waals surface area (Å²) in [4.78, 5) is 46.2. The molecule has 0 saturated carbocycles. The number of benzene rings is 1. The van der Waals surface area contributed by atoms with Crippen LogP contribution in [0.25, 0.3) is 11.0 Å². The van der Waals surface area contributed by atoms with Crippen LogP contribution in [0.1, 0.15) is 59.3 Å². The Morgan fingerprint density at radius 1 is 1.23 bits per heavy atom. The second-order valence-electron chi connectivity index (χ2n) is 12.6. The number of esters is 1. The molecule has 2 unspecified atom stereocenters. The lowest BCUT2D eigenvalue weighted by atomic mass is 9.65. The standard InChI is InChI=1S/C33H45N5O6/c1-6-9-10-13-19-43-31(42)27-26-29(40)38(25(20-39)22(4)5)28(33(26)17-16-32(27,8-3)44-33)30(41)36(18-7-2)21-37-24-15-12-11-14-23(24)34-35-37/h6-7,11-12,14-15,22,25-28,39H,1-2,8-10,13,16-21H2,3-5H3/t25-,26-,27+,28?,32-,33?/m0/s1. The van der Waals surface area contributed by atoms with Crippen LogP contribution in [0.3, 0.4) is 0 Å². The number of aliphatic hydroxyl groups is 1. The Kier molecular flexibility index (Phi) is 9.27. The zero-order valence-electron chi connectivity index (χ0n) is 26.1. The molecule has 0 aliphatic carbocycles. The topological polar surface area (TPSA) is 127 Å². The van der Waals surface area contributed by atoms with Crippen LogP contribution in [0.15, 0.2) is 49.6 Å². The van der Waals surface area contributed by atoms with E-state index in [2.05, 4.69) is 23.5 Å². The molecule has 3 saturated heterocycles. The summed E-state index contributed by atoms with van der Waals surface area (Å²) < 4.78 is 14.3. The van der Waals surface area contributed by atoms with Gasteiger partial charge in [0.2, 0.25) is 11.8 Å². The molecule has 2 aromatic rings. The number of likely N-dealkylation sites (tertiary alicyclic amines) is 1. The average molecular weight is 608 g/mol. The number of nitrogens with zero attached hydrogens (tertiary/aromatic N) is 5. The summed E-state index contributed by atoms with van der Waals surface area (Å²) in [6, 6.07) is 5.79. The molecule has 11 nitrogen and oxygen atoms in total. The van der Waals surface area contributed by atoms with Crippen molar-refractivity contribution in [3.63, 3.8) is 0 Å². The van der Waals surface area contributed by atoms with Crippen LogP contribution in [-0.4, -0.2) is 90.7 Å². The zero-order chi connectivity index (χ0) is 31.6. The molecule has 0 radical (unpaired) electrons. The molecule has 5 rings (SSSR count). The fourth-order valence-corrected chi connectivity index (χ4v) is 7.65. The maximum absolute atomic E-state index is 14.8. The molecule has 11 heteroatoms. The summed E-state index contributed by atoms with van der Waals surface area (Å²) in [7, 11) is 0. The lowest BCUT2D eigenvalue weighted by molar-refractivity contribution is -0.164. The maximum atomic E-state index is 14.8. The molecule has 238 valence electrons. The minimum Gasteiger partial charge on any atom is -0.465 e. The average Bonchev–Trinajstić information content (AvgIpc) is 3.74. The quantitative estimate of drug-likeness (QED) is 0.185. The Labute approximate surface area is 258 Å². The van der Waals surface area contributed by atoms with Crippen LogP contribution in [0.4, 0.5) is 0 Å². The summed E-state index contributed by atoms with van der Waals surface area (Å²) in [6.07, 6.45) is 7.30. The van der Waals surface area contributed by atoms with Gasteiger partial charge in [-0.25, -0.2) is 4.68 Å². The number of aromatic nitrogens is 3. The van der Waals surface area contributed by atoms with Gasteiger partial charge in [0.25, 0.3) is 0 Å². The summed E-state index contributed by atoms with van der Waals surface area (Å²) >= 11 is 0. The third-order valence-corrected chi connectivity index (χ3v) is 9.85. The Hall–Kier alpha value is -3.57. The molecule has 1 aromatic carbocycles. The van der Waals surface area contributed by atoms with E-state index in [0.717, 1.165) is 18.4 Å². The molecule has 1 spiro atoms.